The Morgan fingerprint density at radius 2 is 1.63 bits per heavy atom. The van der Waals surface area contributed by atoms with Gasteiger partial charge >= 0.3 is 0 Å². The molecule has 1 heterocycles. The molecule has 0 fully saturated rings. The zero-order chi connectivity index (χ0) is 21.3. The average molecular weight is 421 g/mol. The highest BCUT2D eigenvalue weighted by Crippen LogP contribution is 2.25. The first-order chi connectivity index (χ1) is 14.3. The van der Waals surface area contributed by atoms with Crippen LogP contribution in [0.2, 0.25) is 0 Å². The molecular formula is C24H24N2O3S. The molecule has 5 nitrogen and oxygen atoms in total. The van der Waals surface area contributed by atoms with Crippen molar-refractivity contribution in [1.29, 1.82) is 0 Å². The Bertz CT molecular complexity index is 1200. The van der Waals surface area contributed by atoms with Crippen molar-refractivity contribution in [3.05, 3.63) is 94.5 Å². The summed E-state index contributed by atoms with van der Waals surface area (Å²) in [7, 11) is -3.62. The fourth-order valence-electron chi connectivity index (χ4n) is 3.75. The number of carbonyl (C=O) groups is 1. The number of rotatable bonds is 4. The van der Waals surface area contributed by atoms with E-state index in [0.29, 0.717) is 25.1 Å². The number of sulfonamides is 1. The molecule has 3 aromatic rings. The molecule has 0 spiro atoms. The number of nitrogens with one attached hydrogen (secondary N) is 1. The van der Waals surface area contributed by atoms with Crippen LogP contribution >= 0.6 is 0 Å². The quantitative estimate of drug-likeness (QED) is 0.684. The van der Waals surface area contributed by atoms with Crippen molar-refractivity contribution in [2.75, 3.05) is 11.9 Å². The topological polar surface area (TPSA) is 66.5 Å². The van der Waals surface area contributed by atoms with Crippen LogP contribution in [0.5, 0.6) is 0 Å². The van der Waals surface area contributed by atoms with Crippen molar-refractivity contribution in [3.63, 3.8) is 0 Å². The Labute approximate surface area is 177 Å². The third-order valence-electron chi connectivity index (χ3n) is 5.48. The standard InChI is InChI=1S/C24H24N2O3S/c1-17-7-12-23(18(2)15-17)25-24(27)20-8-10-22(11-9-20)30(28,29)26-14-13-19-5-3-4-6-21(19)16-26/h3-12,15H,13-14,16H2,1-2H3,(H,25,27). The minimum Gasteiger partial charge on any atom is -0.322 e. The van der Waals surface area contributed by atoms with E-state index in [1.165, 1.54) is 22.0 Å². The molecule has 1 aliphatic rings. The van der Waals surface area contributed by atoms with Gasteiger partial charge in [0.05, 0.1) is 4.90 Å². The molecule has 1 N–H and O–H groups in total. The van der Waals surface area contributed by atoms with Gasteiger partial charge < -0.3 is 5.32 Å². The van der Waals surface area contributed by atoms with Gasteiger partial charge in [-0.05, 0) is 67.3 Å². The molecule has 0 aromatic heterocycles. The molecular weight excluding hydrogens is 396 g/mol. The zero-order valence-electron chi connectivity index (χ0n) is 17.1. The fraction of sp³-hybridized carbons (Fsp3) is 0.208. The zero-order valence-corrected chi connectivity index (χ0v) is 17.9. The van der Waals surface area contributed by atoms with Crippen molar-refractivity contribution in [2.24, 2.45) is 0 Å². The SMILES string of the molecule is Cc1ccc(NC(=O)c2ccc(S(=O)(=O)N3CCc4ccccc4C3)cc2)c(C)c1. The smallest absolute Gasteiger partial charge is 0.255 e. The van der Waals surface area contributed by atoms with Gasteiger partial charge in [-0.15, -0.1) is 0 Å². The van der Waals surface area contributed by atoms with Gasteiger partial charge in [-0.25, -0.2) is 8.42 Å². The molecule has 0 radical (unpaired) electrons. The minimum atomic E-state index is -3.62. The van der Waals surface area contributed by atoms with Crippen LogP contribution in [0.25, 0.3) is 0 Å². The average Bonchev–Trinajstić information content (AvgIpc) is 2.75. The molecule has 4 rings (SSSR count). The lowest BCUT2D eigenvalue weighted by molar-refractivity contribution is 0.102. The van der Waals surface area contributed by atoms with Crippen LogP contribution in [0.1, 0.15) is 32.6 Å². The van der Waals surface area contributed by atoms with E-state index in [4.69, 9.17) is 0 Å². The van der Waals surface area contributed by atoms with E-state index in [0.717, 1.165) is 22.4 Å². The van der Waals surface area contributed by atoms with E-state index in [1.807, 2.05) is 56.3 Å². The summed E-state index contributed by atoms with van der Waals surface area (Å²) in [6.45, 7) is 4.76. The van der Waals surface area contributed by atoms with Gasteiger partial charge in [0.25, 0.3) is 5.91 Å². The van der Waals surface area contributed by atoms with Gasteiger partial charge in [-0.1, -0.05) is 42.0 Å². The largest absolute Gasteiger partial charge is 0.322 e. The third kappa shape index (κ3) is 4.01. The van der Waals surface area contributed by atoms with Gasteiger partial charge in [-0.2, -0.15) is 4.31 Å². The second kappa shape index (κ2) is 8.05. The number of hydrogen-bond acceptors (Lipinski definition) is 3. The molecule has 154 valence electrons. The van der Waals surface area contributed by atoms with E-state index in [9.17, 15) is 13.2 Å². The van der Waals surface area contributed by atoms with Crippen molar-refractivity contribution in [1.82, 2.24) is 4.31 Å². The summed E-state index contributed by atoms with van der Waals surface area (Å²) in [6.07, 6.45) is 0.700. The fourth-order valence-corrected chi connectivity index (χ4v) is 5.17. The summed E-state index contributed by atoms with van der Waals surface area (Å²) in [5.41, 5.74) is 5.50. The van der Waals surface area contributed by atoms with E-state index in [2.05, 4.69) is 5.32 Å². The molecule has 6 heteroatoms. The van der Waals surface area contributed by atoms with E-state index in [1.54, 1.807) is 12.1 Å². The van der Waals surface area contributed by atoms with Crippen molar-refractivity contribution in [2.45, 2.75) is 31.7 Å². The lowest BCUT2D eigenvalue weighted by atomic mass is 10.0. The second-order valence-electron chi connectivity index (χ2n) is 7.65. The summed E-state index contributed by atoms with van der Waals surface area (Å²) >= 11 is 0. The Morgan fingerprint density at radius 1 is 0.933 bits per heavy atom. The minimum absolute atomic E-state index is 0.199. The Morgan fingerprint density at radius 3 is 2.33 bits per heavy atom. The van der Waals surface area contributed by atoms with Crippen molar-refractivity contribution >= 4 is 21.6 Å². The molecule has 1 aliphatic heterocycles. The molecule has 0 unspecified atom stereocenters. The van der Waals surface area contributed by atoms with E-state index in [-0.39, 0.29) is 10.8 Å². The Balaban J connectivity index is 1.51. The van der Waals surface area contributed by atoms with Gasteiger partial charge in [-0.3, -0.25) is 4.79 Å². The van der Waals surface area contributed by atoms with Gasteiger partial charge in [0.2, 0.25) is 10.0 Å². The normalized spacial score (nSPS) is 14.2. The molecule has 0 saturated carbocycles. The van der Waals surface area contributed by atoms with Crippen molar-refractivity contribution < 1.29 is 13.2 Å². The highest BCUT2D eigenvalue weighted by Gasteiger charge is 2.28. The summed E-state index contributed by atoms with van der Waals surface area (Å²) in [4.78, 5) is 12.8. The number of carbonyl (C=O) groups excluding carboxylic acids is 1. The number of anilines is 1. The summed E-state index contributed by atoms with van der Waals surface area (Å²) in [5, 5.41) is 2.89. The monoisotopic (exact) mass is 420 g/mol. The molecule has 30 heavy (non-hydrogen) atoms. The van der Waals surface area contributed by atoms with E-state index < -0.39 is 10.0 Å². The molecule has 1 amide bonds. The molecule has 0 bridgehead atoms. The van der Waals surface area contributed by atoms with Gasteiger partial charge in [0, 0.05) is 24.3 Å². The van der Waals surface area contributed by atoms with Crippen LogP contribution in [0.4, 0.5) is 5.69 Å². The second-order valence-corrected chi connectivity index (χ2v) is 9.59. The maximum absolute atomic E-state index is 13.1. The summed E-state index contributed by atoms with van der Waals surface area (Å²) in [5.74, 6) is -0.266. The summed E-state index contributed by atoms with van der Waals surface area (Å²) in [6, 6.07) is 19.9. The van der Waals surface area contributed by atoms with Crippen LogP contribution in [0.15, 0.2) is 71.6 Å². The maximum atomic E-state index is 13.1. The van der Waals surface area contributed by atoms with Gasteiger partial charge in [0.15, 0.2) is 0 Å². The lowest BCUT2D eigenvalue weighted by Crippen LogP contribution is -2.35. The predicted molar refractivity (Wildman–Crippen MR) is 118 cm³/mol. The number of hydrogen-bond donors (Lipinski definition) is 1. The number of benzene rings is 3. The van der Waals surface area contributed by atoms with Gasteiger partial charge in [0.1, 0.15) is 0 Å². The predicted octanol–water partition coefficient (Wildman–Crippen LogP) is 4.30. The molecule has 0 atom stereocenters. The van der Waals surface area contributed by atoms with Crippen LogP contribution in [0.3, 0.4) is 0 Å². The first-order valence-corrected chi connectivity index (χ1v) is 11.3. The van der Waals surface area contributed by atoms with Crippen molar-refractivity contribution in [3.8, 4) is 0 Å². The number of nitrogens with zero attached hydrogens (tertiary/aromatic N) is 1. The van der Waals surface area contributed by atoms with Crippen LogP contribution in [0, 0.1) is 13.8 Å². The molecule has 3 aromatic carbocycles. The highest BCUT2D eigenvalue weighted by atomic mass is 32.2. The maximum Gasteiger partial charge on any atom is 0.255 e. The number of amides is 1. The number of fused-ring (bicyclic) bond motifs is 1. The van der Waals surface area contributed by atoms with Crippen LogP contribution in [-0.2, 0) is 23.0 Å². The first-order valence-electron chi connectivity index (χ1n) is 9.90. The van der Waals surface area contributed by atoms with E-state index >= 15 is 0 Å². The molecule has 0 saturated heterocycles. The lowest BCUT2D eigenvalue weighted by Gasteiger charge is -2.28. The summed E-state index contributed by atoms with van der Waals surface area (Å²) < 4.78 is 27.6. The number of aryl methyl sites for hydroxylation is 2. The highest BCUT2D eigenvalue weighted by molar-refractivity contribution is 7.89. The Kier molecular flexibility index (Phi) is 5.45. The molecule has 0 aliphatic carbocycles. The first kappa shape index (κ1) is 20.3. The Hall–Kier alpha value is -2.96. The van der Waals surface area contributed by atoms with Crippen LogP contribution in [-0.4, -0.2) is 25.2 Å². The third-order valence-corrected chi connectivity index (χ3v) is 7.34. The van der Waals surface area contributed by atoms with Crippen LogP contribution < -0.4 is 5.32 Å².